The molecule has 2 heterocycles. The van der Waals surface area contributed by atoms with Crippen molar-refractivity contribution in [1.29, 1.82) is 0 Å². The molecule has 0 amide bonds. The van der Waals surface area contributed by atoms with Gasteiger partial charge in [0.15, 0.2) is 23.0 Å². The average Bonchev–Trinajstić information content (AvgIpc) is 2.77. The van der Waals surface area contributed by atoms with Crippen molar-refractivity contribution in [1.82, 2.24) is 0 Å². The molecule has 25 heavy (non-hydrogen) atoms. The molecule has 2 bridgehead atoms. The van der Waals surface area contributed by atoms with E-state index in [2.05, 4.69) is 20.2 Å². The second-order valence-corrected chi connectivity index (χ2v) is 7.57. The quantitative estimate of drug-likeness (QED) is 0.824. The number of methoxy groups -OCH3 is 2. The van der Waals surface area contributed by atoms with Gasteiger partial charge in [0.25, 0.3) is 0 Å². The van der Waals surface area contributed by atoms with Crippen LogP contribution in [0.3, 0.4) is 0 Å². The molecule has 3 aliphatic rings. The molecule has 0 radical (unpaired) electrons. The van der Waals surface area contributed by atoms with E-state index >= 15 is 0 Å². The number of fused-ring (bicyclic) bond motifs is 1. The normalized spacial score (nSPS) is 22.7. The molecule has 0 fully saturated rings. The van der Waals surface area contributed by atoms with E-state index in [-0.39, 0.29) is 23.5 Å². The van der Waals surface area contributed by atoms with E-state index in [0.717, 1.165) is 27.7 Å². The Labute approximate surface area is 147 Å². The Morgan fingerprint density at radius 3 is 2.36 bits per heavy atom. The Morgan fingerprint density at radius 1 is 0.960 bits per heavy atom. The van der Waals surface area contributed by atoms with Crippen molar-refractivity contribution >= 4 is 0 Å². The summed E-state index contributed by atoms with van der Waals surface area (Å²) in [7, 11) is 7.57. The van der Waals surface area contributed by atoms with Crippen LogP contribution in [0.5, 0.6) is 23.0 Å². The smallest absolute Gasteiger partial charge is 0.161 e. The molecule has 5 rings (SSSR count). The van der Waals surface area contributed by atoms with Crippen LogP contribution in [0.1, 0.15) is 34.2 Å². The molecule has 5 heteroatoms. The fourth-order valence-corrected chi connectivity index (χ4v) is 4.58. The van der Waals surface area contributed by atoms with Gasteiger partial charge in [-0.2, -0.15) is 0 Å². The lowest BCUT2D eigenvalue weighted by atomic mass is 9.83. The molecule has 0 saturated heterocycles. The molecule has 0 aromatic heterocycles. The van der Waals surface area contributed by atoms with Crippen LogP contribution in [0.25, 0.3) is 0 Å². The van der Waals surface area contributed by atoms with Gasteiger partial charge in [-0.1, -0.05) is 6.07 Å². The molecule has 5 nitrogen and oxygen atoms in total. The van der Waals surface area contributed by atoms with E-state index in [4.69, 9.17) is 9.47 Å². The van der Waals surface area contributed by atoms with Gasteiger partial charge in [-0.15, -0.1) is 0 Å². The third-order valence-electron chi connectivity index (χ3n) is 5.89. The maximum Gasteiger partial charge on any atom is 0.161 e. The van der Waals surface area contributed by atoms with Crippen molar-refractivity contribution in [2.24, 2.45) is 0 Å². The van der Waals surface area contributed by atoms with E-state index in [9.17, 15) is 10.2 Å². The first-order valence-corrected chi connectivity index (χ1v) is 8.49. The summed E-state index contributed by atoms with van der Waals surface area (Å²) in [4.78, 5) is 0. The van der Waals surface area contributed by atoms with Crippen LogP contribution < -0.4 is 9.47 Å². The molecule has 132 valence electrons. The molecule has 2 aromatic carbocycles. The van der Waals surface area contributed by atoms with Crippen molar-refractivity contribution < 1.29 is 24.2 Å². The molecule has 2 N–H and O–H groups in total. The lowest BCUT2D eigenvalue weighted by Gasteiger charge is -2.43. The fraction of sp³-hybridized carbons (Fsp3) is 0.400. The van der Waals surface area contributed by atoms with Gasteiger partial charge in [0.05, 0.1) is 40.8 Å². The lowest BCUT2D eigenvalue weighted by molar-refractivity contribution is -0.923. The van der Waals surface area contributed by atoms with Gasteiger partial charge in [-0.25, -0.2) is 0 Å². The molecule has 1 aliphatic carbocycles. The number of aromatic hydroxyl groups is 2. The van der Waals surface area contributed by atoms with E-state index in [0.29, 0.717) is 17.9 Å². The largest absolute Gasteiger partial charge is 0.504 e. The minimum absolute atomic E-state index is 0.144. The molecule has 2 atom stereocenters. The molecule has 2 aliphatic heterocycles. The molecular weight excluding hydrogens is 318 g/mol. The van der Waals surface area contributed by atoms with Crippen molar-refractivity contribution in [2.75, 3.05) is 34.9 Å². The highest BCUT2D eigenvalue weighted by Crippen LogP contribution is 2.53. The number of ether oxygens (including phenoxy) is 2. The minimum Gasteiger partial charge on any atom is -0.504 e. The number of phenols is 2. The van der Waals surface area contributed by atoms with Crippen molar-refractivity contribution in [3.8, 4) is 23.0 Å². The summed E-state index contributed by atoms with van der Waals surface area (Å²) in [5, 5.41) is 21.0. The summed E-state index contributed by atoms with van der Waals surface area (Å²) in [5.41, 5.74) is 4.40. The highest BCUT2D eigenvalue weighted by atomic mass is 16.5. The molecular formula is C20H24NO4+. The van der Waals surface area contributed by atoms with Gasteiger partial charge >= 0.3 is 0 Å². The van der Waals surface area contributed by atoms with Gasteiger partial charge in [0.2, 0.25) is 0 Å². The highest BCUT2D eigenvalue weighted by Gasteiger charge is 2.46. The van der Waals surface area contributed by atoms with Crippen LogP contribution in [-0.2, 0) is 6.42 Å². The first-order chi connectivity index (χ1) is 11.9. The summed E-state index contributed by atoms with van der Waals surface area (Å²) in [6, 6.07) is 7.85. The first-order valence-electron chi connectivity index (χ1n) is 8.49. The predicted molar refractivity (Wildman–Crippen MR) is 94.6 cm³/mol. The van der Waals surface area contributed by atoms with Crippen LogP contribution in [0.15, 0.2) is 24.3 Å². The summed E-state index contributed by atoms with van der Waals surface area (Å²) >= 11 is 0. The Bertz CT molecular complexity index is 859. The van der Waals surface area contributed by atoms with E-state index < -0.39 is 0 Å². The Morgan fingerprint density at radius 2 is 1.68 bits per heavy atom. The van der Waals surface area contributed by atoms with Gasteiger partial charge in [0, 0.05) is 17.5 Å². The number of nitrogens with zero attached hydrogens (tertiary/aromatic N) is 1. The number of hydrogen-bond acceptors (Lipinski definition) is 4. The molecule has 0 unspecified atom stereocenters. The number of quaternary nitrogens is 1. The topological polar surface area (TPSA) is 58.9 Å². The van der Waals surface area contributed by atoms with Gasteiger partial charge < -0.3 is 24.2 Å². The zero-order chi connectivity index (χ0) is 17.9. The maximum absolute atomic E-state index is 10.7. The Balaban J connectivity index is 2.00. The first kappa shape index (κ1) is 16.1. The summed E-state index contributed by atoms with van der Waals surface area (Å²) in [6.07, 6.45) is 0.709. The van der Waals surface area contributed by atoms with Crippen molar-refractivity contribution in [3.63, 3.8) is 0 Å². The van der Waals surface area contributed by atoms with Gasteiger partial charge in [-0.3, -0.25) is 0 Å². The van der Waals surface area contributed by atoms with Crippen molar-refractivity contribution in [3.05, 3.63) is 46.5 Å². The van der Waals surface area contributed by atoms with Crippen LogP contribution in [0.4, 0.5) is 0 Å². The lowest BCUT2D eigenvalue weighted by Crippen LogP contribution is -2.48. The SMILES string of the molecule is COc1cc2c(cc1O)[C@H]1Cc3c(ccc(OC)c3O)[C@@H]2C[N+]1(C)C. The molecule has 2 aromatic rings. The standard InChI is InChI=1S/C20H23NO4/c1-21(2)10-15-11-5-6-18(24-3)20(23)14(11)7-16(21)13-8-17(22)19(25-4)9-12(13)15/h5-6,8-9,15-16H,7,10H2,1-4H3,(H-,22,23)/p+1/t15-,16+/m0/s1. The number of hydrogen-bond donors (Lipinski definition) is 2. The van der Waals surface area contributed by atoms with Crippen LogP contribution in [0, 0.1) is 0 Å². The second-order valence-electron chi connectivity index (χ2n) is 7.57. The second kappa shape index (κ2) is 5.30. The number of likely N-dealkylation sites (N-methyl/N-ethyl adjacent to an activating group) is 1. The van der Waals surface area contributed by atoms with Gasteiger partial charge in [-0.05, 0) is 29.3 Å². The Hall–Kier alpha value is -2.40. The fourth-order valence-electron chi connectivity index (χ4n) is 4.58. The average molecular weight is 342 g/mol. The monoisotopic (exact) mass is 342 g/mol. The zero-order valence-corrected chi connectivity index (χ0v) is 15.0. The third-order valence-corrected chi connectivity index (χ3v) is 5.89. The van der Waals surface area contributed by atoms with Crippen LogP contribution in [0.2, 0.25) is 0 Å². The minimum atomic E-state index is 0.144. The molecule has 0 spiro atoms. The van der Waals surface area contributed by atoms with E-state index in [1.165, 1.54) is 5.56 Å². The number of benzene rings is 2. The van der Waals surface area contributed by atoms with Crippen LogP contribution >= 0.6 is 0 Å². The van der Waals surface area contributed by atoms with Crippen molar-refractivity contribution in [2.45, 2.75) is 18.4 Å². The maximum atomic E-state index is 10.7. The summed E-state index contributed by atoms with van der Waals surface area (Å²) in [6.45, 7) is 0.935. The van der Waals surface area contributed by atoms with Gasteiger partial charge in [0.1, 0.15) is 6.04 Å². The predicted octanol–water partition coefficient (Wildman–Crippen LogP) is 2.93. The van der Waals surface area contributed by atoms with Crippen LogP contribution in [-0.4, -0.2) is 49.6 Å². The third kappa shape index (κ3) is 2.19. The number of rotatable bonds is 2. The van der Waals surface area contributed by atoms with E-state index in [1.807, 2.05) is 18.2 Å². The highest BCUT2D eigenvalue weighted by molar-refractivity contribution is 5.59. The molecule has 0 saturated carbocycles. The van der Waals surface area contributed by atoms with E-state index in [1.54, 1.807) is 14.2 Å². The number of phenolic OH excluding ortho intramolecular Hbond substituents is 2. The Kier molecular flexibility index (Phi) is 3.41. The summed E-state index contributed by atoms with van der Waals surface area (Å²) < 4.78 is 11.5. The zero-order valence-electron chi connectivity index (χ0n) is 15.0. The summed E-state index contributed by atoms with van der Waals surface area (Å²) in [5.74, 6) is 1.55.